The summed E-state index contributed by atoms with van der Waals surface area (Å²) in [6, 6.07) is 0. The van der Waals surface area contributed by atoms with E-state index in [2.05, 4.69) is 27.7 Å². The predicted molar refractivity (Wildman–Crippen MR) is 57.6 cm³/mol. The van der Waals surface area contributed by atoms with Crippen LogP contribution in [0.25, 0.3) is 0 Å². The van der Waals surface area contributed by atoms with Gasteiger partial charge in [0.2, 0.25) is 0 Å². The van der Waals surface area contributed by atoms with Crippen molar-refractivity contribution in [2.24, 2.45) is 29.1 Å². The van der Waals surface area contributed by atoms with E-state index in [9.17, 15) is 0 Å². The van der Waals surface area contributed by atoms with Gasteiger partial charge in [0, 0.05) is 0 Å². The first-order chi connectivity index (χ1) is 6.08. The first-order valence-electron chi connectivity index (χ1n) is 6.08. The van der Waals surface area contributed by atoms with Gasteiger partial charge in [0.05, 0.1) is 0 Å². The molecule has 0 nitrogen and oxygen atoms in total. The molecule has 2 fully saturated rings. The van der Waals surface area contributed by atoms with Crippen molar-refractivity contribution in [2.45, 2.75) is 53.4 Å². The highest BCUT2D eigenvalue weighted by Crippen LogP contribution is 2.59. The molecular formula is C13H24. The van der Waals surface area contributed by atoms with E-state index in [-0.39, 0.29) is 0 Å². The van der Waals surface area contributed by atoms with Gasteiger partial charge in [0.1, 0.15) is 0 Å². The van der Waals surface area contributed by atoms with E-state index in [0.29, 0.717) is 5.41 Å². The fraction of sp³-hybridized carbons (Fsp3) is 1.00. The highest BCUT2D eigenvalue weighted by Gasteiger charge is 2.50. The molecule has 5 unspecified atom stereocenters. The van der Waals surface area contributed by atoms with Crippen LogP contribution in [0.4, 0.5) is 0 Å². The molecule has 0 radical (unpaired) electrons. The second-order valence-corrected chi connectivity index (χ2v) is 5.88. The second kappa shape index (κ2) is 3.00. The average Bonchev–Trinajstić information content (AvgIpc) is 2.57. The van der Waals surface area contributed by atoms with E-state index < -0.39 is 0 Å². The number of fused-ring (bicyclic) bond motifs is 1. The molecule has 0 aromatic carbocycles. The number of hydrogen-bond acceptors (Lipinski definition) is 0. The lowest BCUT2D eigenvalue weighted by atomic mass is 9.75. The molecule has 2 rings (SSSR count). The van der Waals surface area contributed by atoms with Crippen LogP contribution >= 0.6 is 0 Å². The molecule has 2 saturated carbocycles. The molecule has 0 heterocycles. The molecule has 0 N–H and O–H groups in total. The van der Waals surface area contributed by atoms with Gasteiger partial charge in [-0.25, -0.2) is 0 Å². The van der Waals surface area contributed by atoms with Crippen molar-refractivity contribution < 1.29 is 0 Å². The van der Waals surface area contributed by atoms with Crippen molar-refractivity contribution >= 4 is 0 Å². The van der Waals surface area contributed by atoms with Crippen LogP contribution in [0.1, 0.15) is 53.4 Å². The highest BCUT2D eigenvalue weighted by atomic mass is 14.6. The maximum Gasteiger partial charge on any atom is -0.0297 e. The van der Waals surface area contributed by atoms with Gasteiger partial charge in [-0.1, -0.05) is 40.5 Å². The zero-order chi connectivity index (χ0) is 9.64. The summed E-state index contributed by atoms with van der Waals surface area (Å²) >= 11 is 0. The van der Waals surface area contributed by atoms with Crippen LogP contribution in [0.5, 0.6) is 0 Å². The molecule has 0 aliphatic heterocycles. The molecular weight excluding hydrogens is 156 g/mol. The van der Waals surface area contributed by atoms with Gasteiger partial charge in [-0.15, -0.1) is 0 Å². The summed E-state index contributed by atoms with van der Waals surface area (Å²) in [5, 5.41) is 0. The fourth-order valence-corrected chi connectivity index (χ4v) is 3.99. The Bertz CT molecular complexity index is 194. The molecule has 0 spiro atoms. The fourth-order valence-electron chi connectivity index (χ4n) is 3.99. The van der Waals surface area contributed by atoms with Gasteiger partial charge < -0.3 is 0 Å². The summed E-state index contributed by atoms with van der Waals surface area (Å²) in [5.74, 6) is 4.13. The highest BCUT2D eigenvalue weighted by molar-refractivity contribution is 5.00. The van der Waals surface area contributed by atoms with Gasteiger partial charge >= 0.3 is 0 Å². The summed E-state index contributed by atoms with van der Waals surface area (Å²) in [4.78, 5) is 0. The van der Waals surface area contributed by atoms with Gasteiger partial charge in [-0.05, 0) is 41.9 Å². The maximum absolute atomic E-state index is 2.52. The summed E-state index contributed by atoms with van der Waals surface area (Å²) in [6.45, 7) is 9.87. The Balaban J connectivity index is 2.18. The van der Waals surface area contributed by atoms with Crippen LogP contribution in [0.3, 0.4) is 0 Å². The lowest BCUT2D eigenvalue weighted by Gasteiger charge is -2.30. The number of rotatable bonds is 1. The Morgan fingerprint density at radius 3 is 2.38 bits per heavy atom. The molecule has 0 bridgehead atoms. The molecule has 2 aliphatic carbocycles. The third-order valence-electron chi connectivity index (χ3n) is 5.49. The quantitative estimate of drug-likeness (QED) is 0.570. The van der Waals surface area contributed by atoms with E-state index in [0.717, 1.165) is 23.7 Å². The molecule has 0 aromatic rings. The molecule has 76 valence electrons. The molecule has 0 amide bonds. The van der Waals surface area contributed by atoms with E-state index in [1.807, 2.05) is 0 Å². The van der Waals surface area contributed by atoms with Crippen LogP contribution in [-0.2, 0) is 0 Å². The second-order valence-electron chi connectivity index (χ2n) is 5.88. The van der Waals surface area contributed by atoms with E-state index in [1.54, 1.807) is 0 Å². The maximum atomic E-state index is 2.52. The zero-order valence-corrected chi connectivity index (χ0v) is 9.64. The largest absolute Gasteiger partial charge is 0.0649 e. The van der Waals surface area contributed by atoms with Crippen LogP contribution < -0.4 is 0 Å². The summed E-state index contributed by atoms with van der Waals surface area (Å²) < 4.78 is 0. The monoisotopic (exact) mass is 180 g/mol. The average molecular weight is 180 g/mol. The Labute approximate surface area is 83.1 Å². The smallest absolute Gasteiger partial charge is 0.0297 e. The van der Waals surface area contributed by atoms with E-state index in [4.69, 9.17) is 0 Å². The normalized spacial score (nSPS) is 55.4. The summed E-state index contributed by atoms with van der Waals surface area (Å²) in [5.41, 5.74) is 0.671. The molecule has 13 heavy (non-hydrogen) atoms. The van der Waals surface area contributed by atoms with Crippen molar-refractivity contribution in [1.29, 1.82) is 0 Å². The lowest BCUT2D eigenvalue weighted by Crippen LogP contribution is -2.21. The van der Waals surface area contributed by atoms with Gasteiger partial charge in [-0.2, -0.15) is 0 Å². The Hall–Kier alpha value is 0. The predicted octanol–water partition coefficient (Wildman–Crippen LogP) is 4.10. The minimum atomic E-state index is 0.671. The SMILES string of the molecule is CCC1(C)CC2C(C)CCC2C1C. The third kappa shape index (κ3) is 1.25. The van der Waals surface area contributed by atoms with Crippen molar-refractivity contribution in [1.82, 2.24) is 0 Å². The van der Waals surface area contributed by atoms with Crippen molar-refractivity contribution in [3.63, 3.8) is 0 Å². The van der Waals surface area contributed by atoms with Crippen LogP contribution in [0, 0.1) is 29.1 Å². The Morgan fingerprint density at radius 2 is 1.85 bits per heavy atom. The molecule has 5 atom stereocenters. The van der Waals surface area contributed by atoms with E-state index >= 15 is 0 Å². The van der Waals surface area contributed by atoms with E-state index in [1.165, 1.54) is 25.7 Å². The topological polar surface area (TPSA) is 0 Å². The van der Waals surface area contributed by atoms with Crippen LogP contribution in [-0.4, -0.2) is 0 Å². The minimum absolute atomic E-state index is 0.671. The van der Waals surface area contributed by atoms with Crippen molar-refractivity contribution in [3.8, 4) is 0 Å². The summed E-state index contributed by atoms with van der Waals surface area (Å²) in [6.07, 6.45) is 5.91. The van der Waals surface area contributed by atoms with Crippen LogP contribution in [0.15, 0.2) is 0 Å². The number of hydrogen-bond donors (Lipinski definition) is 0. The Kier molecular flexibility index (Phi) is 2.20. The molecule has 0 heteroatoms. The summed E-state index contributed by atoms with van der Waals surface area (Å²) in [7, 11) is 0. The Morgan fingerprint density at radius 1 is 1.15 bits per heavy atom. The van der Waals surface area contributed by atoms with Crippen molar-refractivity contribution in [3.05, 3.63) is 0 Å². The van der Waals surface area contributed by atoms with Gasteiger partial charge in [0.15, 0.2) is 0 Å². The molecule has 0 aromatic heterocycles. The standard InChI is InChI=1S/C13H24/c1-5-13(4)8-12-9(2)6-7-11(12)10(13)3/h9-12H,5-8H2,1-4H3. The van der Waals surface area contributed by atoms with Crippen molar-refractivity contribution in [2.75, 3.05) is 0 Å². The van der Waals surface area contributed by atoms with Crippen LogP contribution in [0.2, 0.25) is 0 Å². The minimum Gasteiger partial charge on any atom is -0.0649 e. The molecule has 2 aliphatic rings. The zero-order valence-electron chi connectivity index (χ0n) is 9.64. The molecule has 0 saturated heterocycles. The van der Waals surface area contributed by atoms with Gasteiger partial charge in [0.25, 0.3) is 0 Å². The van der Waals surface area contributed by atoms with Gasteiger partial charge in [-0.3, -0.25) is 0 Å². The first kappa shape index (κ1) is 9.55. The third-order valence-corrected chi connectivity index (χ3v) is 5.49. The first-order valence-corrected chi connectivity index (χ1v) is 6.08. The lowest BCUT2D eigenvalue weighted by molar-refractivity contribution is 0.198.